The van der Waals surface area contributed by atoms with Crippen LogP contribution in [0.5, 0.6) is 0 Å². The Morgan fingerprint density at radius 2 is 2.00 bits per heavy atom. The van der Waals surface area contributed by atoms with E-state index >= 15 is 0 Å². The quantitative estimate of drug-likeness (QED) is 0.690. The summed E-state index contributed by atoms with van der Waals surface area (Å²) in [6.45, 7) is 1.36. The molecule has 1 heterocycles. The van der Waals surface area contributed by atoms with E-state index in [1.165, 1.54) is 10.4 Å². The van der Waals surface area contributed by atoms with E-state index in [1.54, 1.807) is 12.1 Å². The average molecular weight is 417 g/mol. The predicted molar refractivity (Wildman–Crippen MR) is 87.6 cm³/mol. The van der Waals surface area contributed by atoms with Crippen LogP contribution in [0.3, 0.4) is 0 Å². The molecule has 0 aromatic heterocycles. The number of ether oxygens (including phenoxy) is 1. The number of benzene rings is 1. The third-order valence-electron chi connectivity index (χ3n) is 3.34. The van der Waals surface area contributed by atoms with Crippen LogP contribution in [0.25, 0.3) is 0 Å². The first kappa shape index (κ1) is 17.5. The number of halogens is 3. The van der Waals surface area contributed by atoms with Gasteiger partial charge in [0, 0.05) is 23.4 Å². The van der Waals surface area contributed by atoms with Crippen molar-refractivity contribution in [2.24, 2.45) is 0 Å². The highest BCUT2D eigenvalue weighted by molar-refractivity contribution is 9.10. The van der Waals surface area contributed by atoms with Crippen LogP contribution >= 0.6 is 39.1 Å². The third kappa shape index (κ3) is 4.33. The molecule has 118 valence electrons. The smallest absolute Gasteiger partial charge is 0.244 e. The largest absolute Gasteiger partial charge is 0.377 e. The summed E-state index contributed by atoms with van der Waals surface area (Å²) in [5.41, 5.74) is 0. The van der Waals surface area contributed by atoms with Gasteiger partial charge in [-0.3, -0.25) is 0 Å². The van der Waals surface area contributed by atoms with Crippen molar-refractivity contribution in [2.45, 2.75) is 23.8 Å². The lowest BCUT2D eigenvalue weighted by atomic mass is 10.1. The molecule has 21 heavy (non-hydrogen) atoms. The number of nitrogens with zero attached hydrogens (tertiary/aromatic N) is 1. The van der Waals surface area contributed by atoms with Gasteiger partial charge in [0.2, 0.25) is 10.0 Å². The monoisotopic (exact) mass is 415 g/mol. The molecule has 0 saturated carbocycles. The molecule has 0 bridgehead atoms. The Morgan fingerprint density at radius 1 is 1.33 bits per heavy atom. The molecule has 8 heteroatoms. The minimum Gasteiger partial charge on any atom is -0.377 e. The lowest BCUT2D eigenvalue weighted by Gasteiger charge is -2.31. The first-order valence-electron chi connectivity index (χ1n) is 6.58. The van der Waals surface area contributed by atoms with E-state index in [0.717, 1.165) is 4.47 Å². The molecule has 0 unspecified atom stereocenters. The van der Waals surface area contributed by atoms with E-state index in [9.17, 15) is 8.42 Å². The standard InChI is InChI=1S/C13H16BrCl2NO3S/c14-10-1-2-13(12(16)9-10)21(18,19)17-6-3-11(4-7-17)20-8-5-15/h1-2,9,11H,3-8H2. The second kappa shape index (κ2) is 7.62. The van der Waals surface area contributed by atoms with E-state index in [2.05, 4.69) is 15.9 Å². The van der Waals surface area contributed by atoms with Crippen molar-refractivity contribution in [1.82, 2.24) is 4.31 Å². The fraction of sp³-hybridized carbons (Fsp3) is 0.538. The molecule has 0 aliphatic carbocycles. The maximum Gasteiger partial charge on any atom is 0.244 e. The van der Waals surface area contributed by atoms with Gasteiger partial charge in [-0.2, -0.15) is 4.31 Å². The van der Waals surface area contributed by atoms with Crippen LogP contribution in [0.1, 0.15) is 12.8 Å². The lowest BCUT2D eigenvalue weighted by molar-refractivity contribution is 0.0301. The van der Waals surface area contributed by atoms with Crippen LogP contribution in [0, 0.1) is 0 Å². The van der Waals surface area contributed by atoms with Crippen molar-refractivity contribution in [3.8, 4) is 0 Å². The Kier molecular flexibility index (Phi) is 6.35. The van der Waals surface area contributed by atoms with Crippen molar-refractivity contribution in [3.63, 3.8) is 0 Å². The Hall–Kier alpha value is 0.150. The van der Waals surface area contributed by atoms with Crippen molar-refractivity contribution >= 4 is 49.2 Å². The molecule has 2 rings (SSSR count). The van der Waals surface area contributed by atoms with Gasteiger partial charge in [-0.15, -0.1) is 11.6 Å². The van der Waals surface area contributed by atoms with Gasteiger partial charge < -0.3 is 4.74 Å². The Labute approximate surface area is 143 Å². The molecule has 1 aliphatic rings. The zero-order chi connectivity index (χ0) is 15.5. The van der Waals surface area contributed by atoms with E-state index in [0.29, 0.717) is 38.4 Å². The van der Waals surface area contributed by atoms with E-state index in [-0.39, 0.29) is 16.0 Å². The van der Waals surface area contributed by atoms with Gasteiger partial charge >= 0.3 is 0 Å². The van der Waals surface area contributed by atoms with Crippen molar-refractivity contribution in [1.29, 1.82) is 0 Å². The maximum atomic E-state index is 12.6. The average Bonchev–Trinajstić information content (AvgIpc) is 2.45. The molecule has 0 radical (unpaired) electrons. The Bertz CT molecular complexity index is 589. The maximum absolute atomic E-state index is 12.6. The number of rotatable bonds is 5. The zero-order valence-corrected chi connectivity index (χ0v) is 15.2. The number of alkyl halides is 1. The summed E-state index contributed by atoms with van der Waals surface area (Å²) in [6.07, 6.45) is 1.42. The zero-order valence-electron chi connectivity index (χ0n) is 11.3. The summed E-state index contributed by atoms with van der Waals surface area (Å²) in [5.74, 6) is 0.451. The fourth-order valence-electron chi connectivity index (χ4n) is 2.27. The molecular formula is C13H16BrCl2NO3S. The van der Waals surface area contributed by atoms with Crippen LogP contribution < -0.4 is 0 Å². The predicted octanol–water partition coefficient (Wildman–Crippen LogP) is 3.51. The van der Waals surface area contributed by atoms with Gasteiger partial charge in [-0.1, -0.05) is 27.5 Å². The Morgan fingerprint density at radius 3 is 2.57 bits per heavy atom. The first-order valence-corrected chi connectivity index (χ1v) is 9.72. The summed E-state index contributed by atoms with van der Waals surface area (Å²) in [7, 11) is -3.55. The summed E-state index contributed by atoms with van der Waals surface area (Å²) in [6, 6.07) is 4.79. The van der Waals surface area contributed by atoms with Crippen molar-refractivity contribution in [2.75, 3.05) is 25.6 Å². The van der Waals surface area contributed by atoms with Crippen LogP contribution in [0.15, 0.2) is 27.6 Å². The first-order chi connectivity index (χ1) is 9.95. The molecule has 0 spiro atoms. The van der Waals surface area contributed by atoms with Crippen molar-refractivity contribution in [3.05, 3.63) is 27.7 Å². The highest BCUT2D eigenvalue weighted by atomic mass is 79.9. The van der Waals surface area contributed by atoms with Crippen LogP contribution in [-0.4, -0.2) is 44.4 Å². The van der Waals surface area contributed by atoms with Gasteiger partial charge in [-0.05, 0) is 31.0 Å². The molecular weight excluding hydrogens is 401 g/mol. The molecule has 1 aliphatic heterocycles. The van der Waals surface area contributed by atoms with Gasteiger partial charge in [0.05, 0.1) is 17.7 Å². The Balaban J connectivity index is 2.08. The van der Waals surface area contributed by atoms with Gasteiger partial charge in [0.25, 0.3) is 0 Å². The highest BCUT2D eigenvalue weighted by Crippen LogP contribution is 2.29. The van der Waals surface area contributed by atoms with Crippen molar-refractivity contribution < 1.29 is 13.2 Å². The second-order valence-electron chi connectivity index (χ2n) is 4.74. The van der Waals surface area contributed by atoms with Crippen LogP contribution in [0.4, 0.5) is 0 Å². The highest BCUT2D eigenvalue weighted by Gasteiger charge is 2.31. The van der Waals surface area contributed by atoms with Crippen LogP contribution in [0.2, 0.25) is 5.02 Å². The SMILES string of the molecule is O=S(=O)(c1ccc(Br)cc1Cl)N1CCC(OCCCl)CC1. The summed E-state index contributed by atoms with van der Waals surface area (Å²) in [5, 5.41) is 0.227. The van der Waals surface area contributed by atoms with Crippen LogP contribution in [-0.2, 0) is 14.8 Å². The number of piperidine rings is 1. The molecule has 1 aromatic carbocycles. The number of hydrogen-bond donors (Lipinski definition) is 0. The molecule has 0 atom stereocenters. The molecule has 0 N–H and O–H groups in total. The lowest BCUT2D eigenvalue weighted by Crippen LogP contribution is -2.41. The van der Waals surface area contributed by atoms with Gasteiger partial charge in [0.1, 0.15) is 4.90 Å². The molecule has 1 aromatic rings. The molecule has 4 nitrogen and oxygen atoms in total. The summed E-state index contributed by atoms with van der Waals surface area (Å²) < 4.78 is 33.0. The number of sulfonamides is 1. The van der Waals surface area contributed by atoms with E-state index < -0.39 is 10.0 Å². The topological polar surface area (TPSA) is 46.6 Å². The minimum atomic E-state index is -3.55. The van der Waals surface area contributed by atoms with E-state index in [1.807, 2.05) is 0 Å². The molecule has 1 fully saturated rings. The summed E-state index contributed by atoms with van der Waals surface area (Å²) in [4.78, 5) is 0.146. The molecule has 1 saturated heterocycles. The van der Waals surface area contributed by atoms with Gasteiger partial charge in [0.15, 0.2) is 0 Å². The fourth-order valence-corrected chi connectivity index (χ4v) is 4.84. The summed E-state index contributed by atoms with van der Waals surface area (Å²) >= 11 is 14.9. The number of hydrogen-bond acceptors (Lipinski definition) is 3. The second-order valence-corrected chi connectivity index (χ2v) is 8.35. The third-order valence-corrected chi connectivity index (χ3v) is 6.37. The van der Waals surface area contributed by atoms with Gasteiger partial charge in [-0.25, -0.2) is 8.42 Å². The minimum absolute atomic E-state index is 0.0792. The normalized spacial score (nSPS) is 18.0. The molecule has 0 amide bonds. The van der Waals surface area contributed by atoms with E-state index in [4.69, 9.17) is 27.9 Å².